The third kappa shape index (κ3) is 5.56. The Balaban J connectivity index is 1.62. The van der Waals surface area contributed by atoms with Gasteiger partial charge in [0.15, 0.2) is 0 Å². The van der Waals surface area contributed by atoms with E-state index < -0.39 is 5.97 Å². The first-order chi connectivity index (χ1) is 14.0. The van der Waals surface area contributed by atoms with Crippen LogP contribution in [-0.2, 0) is 22.5 Å². The number of ether oxygens (including phenoxy) is 1. The van der Waals surface area contributed by atoms with Gasteiger partial charge in [0.2, 0.25) is 0 Å². The first-order valence-corrected chi connectivity index (χ1v) is 9.81. The lowest BCUT2D eigenvalue weighted by Crippen LogP contribution is -2.47. The third-order valence-corrected chi connectivity index (χ3v) is 5.28. The number of nitrogens with zero attached hydrogens (tertiary/aromatic N) is 3. The maximum absolute atomic E-state index is 13.2. The maximum atomic E-state index is 13.2. The molecule has 0 radical (unpaired) electrons. The molecule has 8 heteroatoms. The molecule has 0 bridgehead atoms. The lowest BCUT2D eigenvalue weighted by molar-refractivity contribution is -0.139. The minimum Gasteiger partial charge on any atom is -0.468 e. The second-order valence-electron chi connectivity index (χ2n) is 7.42. The predicted molar refractivity (Wildman–Crippen MR) is 106 cm³/mol. The van der Waals surface area contributed by atoms with Crippen molar-refractivity contribution in [1.29, 1.82) is 0 Å². The van der Waals surface area contributed by atoms with Gasteiger partial charge in [0.05, 0.1) is 7.11 Å². The fourth-order valence-electron chi connectivity index (χ4n) is 3.67. The van der Waals surface area contributed by atoms with E-state index in [1.807, 2.05) is 13.1 Å². The zero-order valence-corrected chi connectivity index (χ0v) is 16.9. The summed E-state index contributed by atoms with van der Waals surface area (Å²) in [4.78, 5) is 29.9. The van der Waals surface area contributed by atoms with Gasteiger partial charge in [-0.2, -0.15) is 0 Å². The fourth-order valence-corrected chi connectivity index (χ4v) is 3.67. The van der Waals surface area contributed by atoms with E-state index in [0.717, 1.165) is 36.3 Å². The van der Waals surface area contributed by atoms with E-state index in [0.29, 0.717) is 25.6 Å². The van der Waals surface area contributed by atoms with Crippen LogP contribution < -0.4 is 5.32 Å². The minimum absolute atomic E-state index is 0.127. The second-order valence-corrected chi connectivity index (χ2v) is 7.42. The molecule has 1 atom stereocenters. The summed E-state index contributed by atoms with van der Waals surface area (Å²) in [5.74, 6) is 0.546. The zero-order valence-electron chi connectivity index (χ0n) is 16.9. The Hall–Kier alpha value is -2.90. The molecule has 29 heavy (non-hydrogen) atoms. The van der Waals surface area contributed by atoms with Crippen molar-refractivity contribution in [3.63, 3.8) is 0 Å². The van der Waals surface area contributed by atoms with E-state index in [1.54, 1.807) is 17.0 Å². The number of esters is 1. The van der Waals surface area contributed by atoms with E-state index in [9.17, 15) is 14.0 Å². The number of methoxy groups -OCH3 is 1. The predicted octanol–water partition coefficient (Wildman–Crippen LogP) is 2.52. The van der Waals surface area contributed by atoms with Gasteiger partial charge >= 0.3 is 12.0 Å². The summed E-state index contributed by atoms with van der Waals surface area (Å²) in [5.41, 5.74) is 2.06. The zero-order chi connectivity index (χ0) is 20.8. The van der Waals surface area contributed by atoms with Gasteiger partial charge in [-0.25, -0.2) is 14.2 Å². The summed E-state index contributed by atoms with van der Waals surface area (Å²) in [6.45, 7) is 3.81. The largest absolute Gasteiger partial charge is 0.468 e. The summed E-state index contributed by atoms with van der Waals surface area (Å²) in [6, 6.07) is 6.26. The lowest BCUT2D eigenvalue weighted by atomic mass is 9.94. The average Bonchev–Trinajstić information content (AvgIpc) is 3.07. The molecule has 0 aliphatic carbocycles. The lowest BCUT2D eigenvalue weighted by Gasteiger charge is -2.32. The van der Waals surface area contributed by atoms with E-state index >= 15 is 0 Å². The monoisotopic (exact) mass is 402 g/mol. The Kier molecular flexibility index (Phi) is 6.85. The molecule has 1 unspecified atom stereocenters. The first kappa shape index (κ1) is 20.8. The van der Waals surface area contributed by atoms with Crippen LogP contribution in [0.25, 0.3) is 0 Å². The molecule has 2 heterocycles. The summed E-state index contributed by atoms with van der Waals surface area (Å²) < 4.78 is 19.9. The molecule has 1 aliphatic rings. The van der Waals surface area contributed by atoms with Crippen LogP contribution in [-0.4, -0.2) is 53.2 Å². The molecular formula is C21H27FN4O3. The Morgan fingerprint density at radius 1 is 1.31 bits per heavy atom. The summed E-state index contributed by atoms with van der Waals surface area (Å²) in [6.07, 6.45) is 4.54. The van der Waals surface area contributed by atoms with Crippen LogP contribution in [0.3, 0.4) is 0 Å². The van der Waals surface area contributed by atoms with Crippen molar-refractivity contribution >= 4 is 12.0 Å². The van der Waals surface area contributed by atoms with Crippen molar-refractivity contribution in [3.8, 4) is 0 Å². The molecule has 156 valence electrons. The van der Waals surface area contributed by atoms with Crippen molar-refractivity contribution in [2.45, 2.75) is 32.7 Å². The SMILES string of the molecule is COC(=O)CNC(=O)N1CCCC(Cc2ncc(C)n2Cc2ccc(F)cc2)C1. The van der Waals surface area contributed by atoms with Gasteiger partial charge in [-0.1, -0.05) is 12.1 Å². The molecule has 1 aromatic heterocycles. The number of piperidine rings is 1. The fraction of sp³-hybridized carbons (Fsp3) is 0.476. The highest BCUT2D eigenvalue weighted by Gasteiger charge is 2.25. The van der Waals surface area contributed by atoms with Gasteiger partial charge in [-0.15, -0.1) is 0 Å². The molecule has 1 fully saturated rings. The molecule has 1 N–H and O–H groups in total. The molecule has 7 nitrogen and oxygen atoms in total. The number of nitrogens with one attached hydrogen (secondary N) is 1. The number of hydrogen-bond donors (Lipinski definition) is 1. The van der Waals surface area contributed by atoms with Gasteiger partial charge in [0.1, 0.15) is 18.2 Å². The number of aryl methyl sites for hydroxylation is 1. The van der Waals surface area contributed by atoms with Crippen LogP contribution in [0, 0.1) is 18.7 Å². The number of imidazole rings is 1. The smallest absolute Gasteiger partial charge is 0.325 e. The number of urea groups is 1. The van der Waals surface area contributed by atoms with Gasteiger partial charge < -0.3 is 19.5 Å². The van der Waals surface area contributed by atoms with E-state index in [1.165, 1.54) is 19.2 Å². The number of carbonyl (C=O) groups is 2. The van der Waals surface area contributed by atoms with Crippen LogP contribution in [0.5, 0.6) is 0 Å². The number of carbonyl (C=O) groups excluding carboxylic acids is 2. The number of benzene rings is 1. The van der Waals surface area contributed by atoms with E-state index in [2.05, 4.69) is 19.6 Å². The number of halogens is 1. The molecule has 1 saturated heterocycles. The summed E-state index contributed by atoms with van der Waals surface area (Å²) in [7, 11) is 1.29. The molecule has 0 saturated carbocycles. The third-order valence-electron chi connectivity index (χ3n) is 5.28. The number of likely N-dealkylation sites (tertiary alicyclic amines) is 1. The van der Waals surface area contributed by atoms with Crippen LogP contribution in [0.2, 0.25) is 0 Å². The molecule has 3 rings (SSSR count). The van der Waals surface area contributed by atoms with Gasteiger partial charge in [0, 0.05) is 37.9 Å². The van der Waals surface area contributed by atoms with Crippen molar-refractivity contribution in [1.82, 2.24) is 19.8 Å². The Bertz CT molecular complexity index is 850. The summed E-state index contributed by atoms with van der Waals surface area (Å²) in [5, 5.41) is 2.60. The van der Waals surface area contributed by atoms with E-state index in [4.69, 9.17) is 0 Å². The van der Waals surface area contributed by atoms with Crippen LogP contribution in [0.4, 0.5) is 9.18 Å². The highest BCUT2D eigenvalue weighted by Crippen LogP contribution is 2.22. The van der Waals surface area contributed by atoms with Gasteiger partial charge in [-0.05, 0) is 43.4 Å². The number of rotatable bonds is 6. The topological polar surface area (TPSA) is 76.5 Å². The van der Waals surface area contributed by atoms with Crippen LogP contribution >= 0.6 is 0 Å². The standard InChI is InChI=1S/C21H27FN4O3/c1-15-11-23-19(26(15)14-16-5-7-18(22)8-6-16)10-17-4-3-9-25(13-17)21(28)24-12-20(27)29-2/h5-8,11,17H,3-4,9-10,12-14H2,1-2H3,(H,24,28). The molecule has 2 aromatic rings. The summed E-state index contributed by atoms with van der Waals surface area (Å²) >= 11 is 0. The Morgan fingerprint density at radius 2 is 2.07 bits per heavy atom. The Morgan fingerprint density at radius 3 is 2.79 bits per heavy atom. The highest BCUT2D eigenvalue weighted by atomic mass is 19.1. The molecule has 0 spiro atoms. The first-order valence-electron chi connectivity index (χ1n) is 9.81. The van der Waals surface area contributed by atoms with E-state index in [-0.39, 0.29) is 18.4 Å². The molecule has 1 aromatic carbocycles. The number of hydrogen-bond acceptors (Lipinski definition) is 4. The van der Waals surface area contributed by atoms with Crippen molar-refractivity contribution in [3.05, 3.63) is 53.4 Å². The number of amides is 2. The second kappa shape index (κ2) is 9.54. The van der Waals surface area contributed by atoms with Crippen molar-refractivity contribution < 1.29 is 18.7 Å². The normalized spacial score (nSPS) is 16.5. The maximum Gasteiger partial charge on any atom is 0.325 e. The quantitative estimate of drug-likeness (QED) is 0.754. The number of aromatic nitrogens is 2. The highest BCUT2D eigenvalue weighted by molar-refractivity contribution is 5.80. The van der Waals surface area contributed by atoms with Crippen molar-refractivity contribution in [2.24, 2.45) is 5.92 Å². The van der Waals surface area contributed by atoms with Gasteiger partial charge in [-0.3, -0.25) is 4.79 Å². The van der Waals surface area contributed by atoms with Gasteiger partial charge in [0.25, 0.3) is 0 Å². The molecule has 1 aliphatic heterocycles. The van der Waals surface area contributed by atoms with Crippen LogP contribution in [0.1, 0.15) is 29.9 Å². The average molecular weight is 402 g/mol. The van der Waals surface area contributed by atoms with Crippen LogP contribution in [0.15, 0.2) is 30.5 Å². The molecule has 2 amide bonds. The minimum atomic E-state index is -0.467. The Labute approximate surface area is 169 Å². The molecular weight excluding hydrogens is 375 g/mol. The van der Waals surface area contributed by atoms with Crippen molar-refractivity contribution in [2.75, 3.05) is 26.7 Å².